The second-order valence-electron chi connectivity index (χ2n) is 6.01. The number of piperidine rings is 1. The number of nitrogens with one attached hydrogen (secondary N) is 2. The lowest BCUT2D eigenvalue weighted by atomic mass is 10.0. The Morgan fingerprint density at radius 2 is 2.16 bits per heavy atom. The maximum absolute atomic E-state index is 12.9. The van der Waals surface area contributed by atoms with Gasteiger partial charge in [-0.3, -0.25) is 9.59 Å². The molecule has 6 nitrogen and oxygen atoms in total. The Morgan fingerprint density at radius 3 is 2.92 bits per heavy atom. The third-order valence-electron chi connectivity index (χ3n) is 4.22. The van der Waals surface area contributed by atoms with E-state index in [4.69, 9.17) is 4.74 Å². The number of likely N-dealkylation sites (N-methyl/N-ethyl adjacent to an activating group) is 1. The summed E-state index contributed by atoms with van der Waals surface area (Å²) in [6.07, 6.45) is 2.10. The number of ether oxygens (including phenoxy) is 1. The van der Waals surface area contributed by atoms with E-state index in [-0.39, 0.29) is 17.6 Å². The van der Waals surface area contributed by atoms with Crippen LogP contribution < -0.4 is 10.6 Å². The number of carbonyl (C=O) groups is 2. The van der Waals surface area contributed by atoms with E-state index >= 15 is 0 Å². The standard InChI is InChI=1S/C18H27N3O3S/c1-19-14-6-5-10-21(12-14)18(23)15-7-3-4-8-16(15)25-13-17(22)20-9-11-24-2/h3-4,7-8,14,19H,5-6,9-13H2,1-2H3,(H,20,22). The van der Waals surface area contributed by atoms with Crippen molar-refractivity contribution in [3.63, 3.8) is 0 Å². The molecule has 1 aliphatic rings. The fourth-order valence-corrected chi connectivity index (χ4v) is 3.70. The Balaban J connectivity index is 1.97. The van der Waals surface area contributed by atoms with Crippen LogP contribution >= 0.6 is 11.8 Å². The van der Waals surface area contributed by atoms with Gasteiger partial charge in [-0.15, -0.1) is 11.8 Å². The number of rotatable bonds is 8. The van der Waals surface area contributed by atoms with Crippen molar-refractivity contribution in [2.24, 2.45) is 0 Å². The molecule has 2 rings (SSSR count). The van der Waals surface area contributed by atoms with Crippen LogP contribution in [-0.2, 0) is 9.53 Å². The molecule has 0 spiro atoms. The van der Waals surface area contributed by atoms with Gasteiger partial charge < -0.3 is 20.3 Å². The number of carbonyl (C=O) groups excluding carboxylic acids is 2. The summed E-state index contributed by atoms with van der Waals surface area (Å²) < 4.78 is 4.91. The van der Waals surface area contributed by atoms with Crippen molar-refractivity contribution < 1.29 is 14.3 Å². The van der Waals surface area contributed by atoms with Crippen LogP contribution in [0.3, 0.4) is 0 Å². The largest absolute Gasteiger partial charge is 0.383 e. The molecule has 2 amide bonds. The van der Waals surface area contributed by atoms with Crippen molar-refractivity contribution in [3.8, 4) is 0 Å². The number of hydrogen-bond donors (Lipinski definition) is 2. The Labute approximate surface area is 153 Å². The molecule has 1 fully saturated rings. The number of amides is 2. The number of hydrogen-bond acceptors (Lipinski definition) is 5. The Hall–Kier alpha value is -1.57. The second kappa shape index (κ2) is 10.4. The van der Waals surface area contributed by atoms with E-state index in [2.05, 4.69) is 10.6 Å². The van der Waals surface area contributed by atoms with Gasteiger partial charge in [0.05, 0.1) is 17.9 Å². The highest BCUT2D eigenvalue weighted by Crippen LogP contribution is 2.25. The maximum atomic E-state index is 12.9. The number of nitrogens with zero attached hydrogens (tertiary/aromatic N) is 1. The molecule has 25 heavy (non-hydrogen) atoms. The van der Waals surface area contributed by atoms with Gasteiger partial charge in [0.1, 0.15) is 0 Å². The third kappa shape index (κ3) is 6.02. The first-order valence-electron chi connectivity index (χ1n) is 8.59. The predicted molar refractivity (Wildman–Crippen MR) is 100 cm³/mol. The van der Waals surface area contributed by atoms with Crippen molar-refractivity contribution in [2.45, 2.75) is 23.8 Å². The highest BCUT2D eigenvalue weighted by molar-refractivity contribution is 8.00. The quantitative estimate of drug-likeness (QED) is 0.538. The molecular formula is C18H27N3O3S. The molecule has 1 aromatic carbocycles. The Morgan fingerprint density at radius 1 is 1.36 bits per heavy atom. The summed E-state index contributed by atoms with van der Waals surface area (Å²) in [6.45, 7) is 2.50. The molecule has 0 saturated carbocycles. The molecule has 0 bridgehead atoms. The average Bonchev–Trinajstić information content (AvgIpc) is 2.66. The van der Waals surface area contributed by atoms with Crippen LogP contribution in [0.15, 0.2) is 29.2 Å². The number of methoxy groups -OCH3 is 1. The topological polar surface area (TPSA) is 70.7 Å². The highest BCUT2D eigenvalue weighted by atomic mass is 32.2. The molecule has 7 heteroatoms. The minimum atomic E-state index is -0.0579. The van der Waals surface area contributed by atoms with Crippen LogP contribution in [0, 0.1) is 0 Å². The lowest BCUT2D eigenvalue weighted by molar-refractivity contribution is -0.118. The average molecular weight is 365 g/mol. The van der Waals surface area contributed by atoms with E-state index in [0.29, 0.717) is 24.8 Å². The SMILES string of the molecule is CNC1CCCN(C(=O)c2ccccc2SCC(=O)NCCOC)C1. The van der Waals surface area contributed by atoms with Crippen LogP contribution in [-0.4, -0.2) is 68.9 Å². The molecule has 1 atom stereocenters. The molecule has 1 aromatic rings. The molecule has 138 valence electrons. The van der Waals surface area contributed by atoms with Gasteiger partial charge in [0.15, 0.2) is 0 Å². The van der Waals surface area contributed by atoms with Crippen molar-refractivity contribution in [1.29, 1.82) is 0 Å². The van der Waals surface area contributed by atoms with Gasteiger partial charge in [-0.1, -0.05) is 12.1 Å². The van der Waals surface area contributed by atoms with Gasteiger partial charge in [-0.25, -0.2) is 0 Å². The molecule has 1 unspecified atom stereocenters. The normalized spacial score (nSPS) is 17.4. The third-order valence-corrected chi connectivity index (χ3v) is 5.29. The van der Waals surface area contributed by atoms with Gasteiger partial charge in [-0.2, -0.15) is 0 Å². The van der Waals surface area contributed by atoms with E-state index in [0.717, 1.165) is 30.8 Å². The molecule has 2 N–H and O–H groups in total. The smallest absolute Gasteiger partial charge is 0.255 e. The second-order valence-corrected chi connectivity index (χ2v) is 7.02. The molecule has 0 aliphatic carbocycles. The summed E-state index contributed by atoms with van der Waals surface area (Å²) in [7, 11) is 3.53. The molecule has 1 aliphatic heterocycles. The monoisotopic (exact) mass is 365 g/mol. The fourth-order valence-electron chi connectivity index (χ4n) is 2.82. The fraction of sp³-hybridized carbons (Fsp3) is 0.556. The lowest BCUT2D eigenvalue weighted by Gasteiger charge is -2.33. The predicted octanol–water partition coefficient (Wildman–Crippen LogP) is 1.37. The number of thioether (sulfide) groups is 1. The van der Waals surface area contributed by atoms with Crippen LogP contribution in [0.1, 0.15) is 23.2 Å². The van der Waals surface area contributed by atoms with E-state index in [1.54, 1.807) is 7.11 Å². The Bertz CT molecular complexity index is 582. The van der Waals surface area contributed by atoms with E-state index in [1.165, 1.54) is 11.8 Å². The zero-order valence-corrected chi connectivity index (χ0v) is 15.7. The number of likely N-dealkylation sites (tertiary alicyclic amines) is 1. The minimum absolute atomic E-state index is 0.0443. The Kier molecular flexibility index (Phi) is 8.24. The minimum Gasteiger partial charge on any atom is -0.383 e. The van der Waals surface area contributed by atoms with E-state index < -0.39 is 0 Å². The number of benzene rings is 1. The summed E-state index contributed by atoms with van der Waals surface area (Å²) in [4.78, 5) is 27.5. The van der Waals surface area contributed by atoms with Gasteiger partial charge >= 0.3 is 0 Å². The van der Waals surface area contributed by atoms with Gasteiger partial charge in [0.2, 0.25) is 5.91 Å². The summed E-state index contributed by atoms with van der Waals surface area (Å²) in [5.74, 6) is 0.271. The van der Waals surface area contributed by atoms with Crippen LogP contribution in [0.25, 0.3) is 0 Å². The molecule has 0 aromatic heterocycles. The summed E-state index contributed by atoms with van der Waals surface area (Å²) in [5, 5.41) is 6.05. The van der Waals surface area contributed by atoms with Crippen molar-refractivity contribution in [2.75, 3.05) is 46.2 Å². The van der Waals surface area contributed by atoms with E-state index in [1.807, 2.05) is 36.2 Å². The summed E-state index contributed by atoms with van der Waals surface area (Å²) in [5.41, 5.74) is 0.675. The summed E-state index contributed by atoms with van der Waals surface area (Å²) in [6, 6.07) is 7.87. The first kappa shape index (κ1) is 19.8. The molecular weight excluding hydrogens is 338 g/mol. The van der Waals surface area contributed by atoms with Gasteiger partial charge in [0, 0.05) is 37.7 Å². The molecule has 0 radical (unpaired) electrons. The maximum Gasteiger partial charge on any atom is 0.255 e. The van der Waals surface area contributed by atoms with Crippen molar-refractivity contribution in [3.05, 3.63) is 29.8 Å². The molecule has 1 saturated heterocycles. The van der Waals surface area contributed by atoms with Crippen LogP contribution in [0.4, 0.5) is 0 Å². The summed E-state index contributed by atoms with van der Waals surface area (Å²) >= 11 is 1.40. The first-order chi connectivity index (χ1) is 12.2. The molecule has 1 heterocycles. The first-order valence-corrected chi connectivity index (χ1v) is 9.58. The zero-order valence-electron chi connectivity index (χ0n) is 14.9. The van der Waals surface area contributed by atoms with Gasteiger partial charge in [0.25, 0.3) is 5.91 Å². The van der Waals surface area contributed by atoms with Crippen molar-refractivity contribution >= 4 is 23.6 Å². The van der Waals surface area contributed by atoms with Crippen molar-refractivity contribution in [1.82, 2.24) is 15.5 Å². The lowest BCUT2D eigenvalue weighted by Crippen LogP contribution is -2.47. The van der Waals surface area contributed by atoms with E-state index in [9.17, 15) is 9.59 Å². The van der Waals surface area contributed by atoms with Crippen LogP contribution in [0.5, 0.6) is 0 Å². The zero-order chi connectivity index (χ0) is 18.1. The van der Waals surface area contributed by atoms with Gasteiger partial charge in [-0.05, 0) is 32.0 Å². The van der Waals surface area contributed by atoms with Crippen LogP contribution in [0.2, 0.25) is 0 Å². The highest BCUT2D eigenvalue weighted by Gasteiger charge is 2.25.